The molecule has 1 aromatic carbocycles. The number of rotatable bonds is 2. The van der Waals surface area contributed by atoms with Gasteiger partial charge in [-0.05, 0) is 24.7 Å². The molecule has 12 heavy (non-hydrogen) atoms. The molecule has 0 aliphatic rings. The normalized spacial score (nSPS) is 8.67. The Morgan fingerprint density at radius 3 is 2.00 bits per heavy atom. The van der Waals surface area contributed by atoms with E-state index in [4.69, 9.17) is 0 Å². The monoisotopic (exact) mass is 182 g/mol. The SMILES string of the molecule is CC.Cc1ccc(CCS)cc1. The summed E-state index contributed by atoms with van der Waals surface area (Å²) in [5, 5.41) is 0. The highest BCUT2D eigenvalue weighted by molar-refractivity contribution is 7.80. The first kappa shape index (κ1) is 11.6. The van der Waals surface area contributed by atoms with Crippen molar-refractivity contribution in [3.05, 3.63) is 35.4 Å². The summed E-state index contributed by atoms with van der Waals surface area (Å²) in [6, 6.07) is 8.59. The molecule has 0 saturated heterocycles. The van der Waals surface area contributed by atoms with Crippen molar-refractivity contribution in [3.8, 4) is 0 Å². The summed E-state index contributed by atoms with van der Waals surface area (Å²) in [6.45, 7) is 6.10. The van der Waals surface area contributed by atoms with Gasteiger partial charge in [0.05, 0.1) is 0 Å². The van der Waals surface area contributed by atoms with Gasteiger partial charge in [-0.2, -0.15) is 12.6 Å². The fraction of sp³-hybridized carbons (Fsp3) is 0.455. The maximum absolute atomic E-state index is 4.16. The number of benzene rings is 1. The van der Waals surface area contributed by atoms with Crippen LogP contribution >= 0.6 is 12.6 Å². The number of thiol groups is 1. The number of hydrogen-bond acceptors (Lipinski definition) is 1. The summed E-state index contributed by atoms with van der Waals surface area (Å²) in [7, 11) is 0. The summed E-state index contributed by atoms with van der Waals surface area (Å²) in [6.07, 6.45) is 1.07. The molecule has 0 spiro atoms. The lowest BCUT2D eigenvalue weighted by molar-refractivity contribution is 1.16. The van der Waals surface area contributed by atoms with Crippen molar-refractivity contribution in [1.29, 1.82) is 0 Å². The Labute approximate surface area is 81.4 Å². The Balaban J connectivity index is 0.000000561. The van der Waals surface area contributed by atoms with E-state index < -0.39 is 0 Å². The van der Waals surface area contributed by atoms with Gasteiger partial charge in [0.1, 0.15) is 0 Å². The Morgan fingerprint density at radius 1 is 1.08 bits per heavy atom. The van der Waals surface area contributed by atoms with Crippen molar-refractivity contribution >= 4 is 12.6 Å². The van der Waals surface area contributed by atoms with E-state index in [-0.39, 0.29) is 0 Å². The third kappa shape index (κ3) is 4.45. The van der Waals surface area contributed by atoms with Gasteiger partial charge < -0.3 is 0 Å². The van der Waals surface area contributed by atoms with Gasteiger partial charge in [-0.3, -0.25) is 0 Å². The van der Waals surface area contributed by atoms with Crippen LogP contribution in [0, 0.1) is 6.92 Å². The maximum Gasteiger partial charge on any atom is -0.00574 e. The molecule has 0 heterocycles. The smallest absolute Gasteiger partial charge is 0.00574 e. The van der Waals surface area contributed by atoms with Crippen LogP contribution in [0.4, 0.5) is 0 Å². The highest BCUT2D eigenvalue weighted by Gasteiger charge is 1.88. The van der Waals surface area contributed by atoms with E-state index in [0.29, 0.717) is 0 Å². The largest absolute Gasteiger partial charge is 0.179 e. The molecule has 0 aliphatic heterocycles. The van der Waals surface area contributed by atoms with Gasteiger partial charge in [0.2, 0.25) is 0 Å². The fourth-order valence-corrected chi connectivity index (χ4v) is 1.14. The molecule has 0 atom stereocenters. The zero-order valence-corrected chi connectivity index (χ0v) is 9.07. The molecule has 0 aromatic heterocycles. The first-order valence-electron chi connectivity index (χ1n) is 4.49. The highest BCUT2D eigenvalue weighted by Crippen LogP contribution is 2.03. The van der Waals surface area contributed by atoms with E-state index in [1.165, 1.54) is 11.1 Å². The minimum absolute atomic E-state index is 0.934. The van der Waals surface area contributed by atoms with E-state index in [2.05, 4.69) is 43.8 Å². The second kappa shape index (κ2) is 7.23. The van der Waals surface area contributed by atoms with Gasteiger partial charge in [0, 0.05) is 0 Å². The molecular weight excluding hydrogens is 164 g/mol. The van der Waals surface area contributed by atoms with Crippen molar-refractivity contribution in [1.82, 2.24) is 0 Å². The third-order valence-electron chi connectivity index (χ3n) is 1.52. The fourth-order valence-electron chi connectivity index (χ4n) is 0.884. The van der Waals surface area contributed by atoms with Crippen LogP contribution in [0.25, 0.3) is 0 Å². The van der Waals surface area contributed by atoms with Crippen molar-refractivity contribution in [2.24, 2.45) is 0 Å². The summed E-state index contributed by atoms with van der Waals surface area (Å²) in [4.78, 5) is 0. The van der Waals surface area contributed by atoms with E-state index in [0.717, 1.165) is 12.2 Å². The molecule has 0 amide bonds. The molecular formula is C11H18S. The molecule has 0 nitrogen and oxygen atoms in total. The second-order valence-electron chi connectivity index (χ2n) is 2.46. The lowest BCUT2D eigenvalue weighted by Crippen LogP contribution is -1.84. The van der Waals surface area contributed by atoms with Crippen molar-refractivity contribution < 1.29 is 0 Å². The molecule has 0 radical (unpaired) electrons. The maximum atomic E-state index is 4.16. The predicted molar refractivity (Wildman–Crippen MR) is 60.1 cm³/mol. The average Bonchev–Trinajstić information content (AvgIpc) is 2.13. The Hall–Kier alpha value is -0.430. The molecule has 1 aromatic rings. The molecule has 1 heteroatoms. The highest BCUT2D eigenvalue weighted by atomic mass is 32.1. The minimum Gasteiger partial charge on any atom is -0.179 e. The van der Waals surface area contributed by atoms with Crippen molar-refractivity contribution in [2.75, 3.05) is 5.75 Å². The zero-order chi connectivity index (χ0) is 9.40. The van der Waals surface area contributed by atoms with Crippen LogP contribution in [0.1, 0.15) is 25.0 Å². The first-order chi connectivity index (χ1) is 5.83. The molecule has 0 bridgehead atoms. The minimum atomic E-state index is 0.934. The van der Waals surface area contributed by atoms with Crippen LogP contribution in [0.3, 0.4) is 0 Å². The molecule has 0 unspecified atom stereocenters. The van der Waals surface area contributed by atoms with Crippen LogP contribution in [-0.2, 0) is 6.42 Å². The Kier molecular flexibility index (Phi) is 6.97. The Morgan fingerprint density at radius 2 is 1.58 bits per heavy atom. The van der Waals surface area contributed by atoms with Crippen LogP contribution in [0.15, 0.2) is 24.3 Å². The summed E-state index contributed by atoms with van der Waals surface area (Å²) in [5.74, 6) is 0.934. The summed E-state index contributed by atoms with van der Waals surface area (Å²) < 4.78 is 0. The van der Waals surface area contributed by atoms with Gasteiger partial charge in [0.25, 0.3) is 0 Å². The van der Waals surface area contributed by atoms with Gasteiger partial charge in [-0.1, -0.05) is 43.7 Å². The molecule has 0 aliphatic carbocycles. The van der Waals surface area contributed by atoms with Crippen LogP contribution in [0.5, 0.6) is 0 Å². The van der Waals surface area contributed by atoms with Crippen molar-refractivity contribution in [3.63, 3.8) is 0 Å². The van der Waals surface area contributed by atoms with Crippen LogP contribution in [-0.4, -0.2) is 5.75 Å². The molecule has 0 saturated carbocycles. The van der Waals surface area contributed by atoms with Crippen LogP contribution < -0.4 is 0 Å². The topological polar surface area (TPSA) is 0 Å². The van der Waals surface area contributed by atoms with E-state index in [1.54, 1.807) is 0 Å². The summed E-state index contributed by atoms with van der Waals surface area (Å²) in [5.41, 5.74) is 2.70. The van der Waals surface area contributed by atoms with Crippen molar-refractivity contribution in [2.45, 2.75) is 27.2 Å². The average molecular weight is 182 g/mol. The van der Waals surface area contributed by atoms with Gasteiger partial charge in [-0.15, -0.1) is 0 Å². The molecule has 1 rings (SSSR count). The van der Waals surface area contributed by atoms with Gasteiger partial charge >= 0.3 is 0 Å². The zero-order valence-electron chi connectivity index (χ0n) is 8.17. The third-order valence-corrected chi connectivity index (χ3v) is 1.74. The first-order valence-corrected chi connectivity index (χ1v) is 5.12. The predicted octanol–water partition coefficient (Wildman–Crippen LogP) is 3.49. The van der Waals surface area contributed by atoms with Crippen LogP contribution in [0.2, 0.25) is 0 Å². The van der Waals surface area contributed by atoms with E-state index in [9.17, 15) is 0 Å². The number of aryl methyl sites for hydroxylation is 2. The van der Waals surface area contributed by atoms with E-state index in [1.807, 2.05) is 13.8 Å². The van der Waals surface area contributed by atoms with Gasteiger partial charge in [0.15, 0.2) is 0 Å². The number of hydrogen-bond donors (Lipinski definition) is 1. The summed E-state index contributed by atoms with van der Waals surface area (Å²) >= 11 is 4.16. The molecule has 68 valence electrons. The quantitative estimate of drug-likeness (QED) is 0.665. The molecule has 0 fully saturated rings. The lowest BCUT2D eigenvalue weighted by Gasteiger charge is -1.96. The standard InChI is InChI=1S/C9H12S.C2H6/c1-8-2-4-9(5-3-8)6-7-10;1-2/h2-5,10H,6-7H2,1H3;1-2H3. The molecule has 0 N–H and O–H groups in total. The van der Waals surface area contributed by atoms with Gasteiger partial charge in [-0.25, -0.2) is 0 Å². The second-order valence-corrected chi connectivity index (χ2v) is 2.91. The Bertz CT molecular complexity index is 189. The lowest BCUT2D eigenvalue weighted by atomic mass is 10.1. The van der Waals surface area contributed by atoms with E-state index >= 15 is 0 Å².